The number of fused-ring (bicyclic) bond motifs is 1. The van der Waals surface area contributed by atoms with E-state index >= 15 is 0 Å². The molecule has 1 amide bonds. The molecule has 0 fully saturated rings. The highest BCUT2D eigenvalue weighted by Crippen LogP contribution is 2.21. The van der Waals surface area contributed by atoms with E-state index in [4.69, 9.17) is 9.72 Å². The number of amides is 1. The van der Waals surface area contributed by atoms with Gasteiger partial charge in [0.15, 0.2) is 0 Å². The Morgan fingerprint density at radius 2 is 1.94 bits per heavy atom. The van der Waals surface area contributed by atoms with Crippen LogP contribution in [0.2, 0.25) is 0 Å². The number of benzene rings is 2. The fourth-order valence-corrected chi connectivity index (χ4v) is 3.72. The number of hydrogen-bond donors (Lipinski definition) is 1. The first kappa shape index (κ1) is 22.6. The van der Waals surface area contributed by atoms with E-state index in [1.807, 2.05) is 37.3 Å². The number of nitrogens with one attached hydrogen (secondary N) is 1. The van der Waals surface area contributed by atoms with E-state index in [0.717, 1.165) is 73.4 Å². The SMILES string of the molecule is C=CCc1ccccc1OCCn1c(CCCCCNC(=O)CC)nc2ccccc21. The van der Waals surface area contributed by atoms with Crippen LogP contribution in [-0.2, 0) is 24.2 Å². The molecule has 1 aromatic heterocycles. The molecule has 3 rings (SSSR count). The average Bonchev–Trinajstić information content (AvgIpc) is 3.14. The number of imidazole rings is 1. The summed E-state index contributed by atoms with van der Waals surface area (Å²) >= 11 is 0. The van der Waals surface area contributed by atoms with Crippen LogP contribution in [0.4, 0.5) is 0 Å². The third kappa shape index (κ3) is 6.45. The molecule has 164 valence electrons. The predicted octanol–water partition coefficient (Wildman–Crippen LogP) is 5.08. The molecule has 31 heavy (non-hydrogen) atoms. The highest BCUT2D eigenvalue weighted by molar-refractivity contribution is 5.76. The van der Waals surface area contributed by atoms with Crippen LogP contribution in [0.15, 0.2) is 61.2 Å². The number of aryl methyl sites for hydroxylation is 1. The Hall–Kier alpha value is -3.08. The van der Waals surface area contributed by atoms with Gasteiger partial charge in [0.2, 0.25) is 5.91 Å². The summed E-state index contributed by atoms with van der Waals surface area (Å²) in [5.74, 6) is 2.14. The van der Waals surface area contributed by atoms with Crippen LogP contribution in [-0.4, -0.2) is 28.6 Å². The standard InChI is InChI=1S/C26H33N3O2/c1-3-12-21-13-7-10-16-24(21)31-20-19-29-23-15-9-8-14-22(23)28-25(29)17-6-5-11-18-27-26(30)4-2/h3,7-10,13-16H,1,4-6,11-12,17-20H2,2H3,(H,27,30). The zero-order chi connectivity index (χ0) is 21.9. The largest absolute Gasteiger partial charge is 0.491 e. The van der Waals surface area contributed by atoms with Gasteiger partial charge >= 0.3 is 0 Å². The summed E-state index contributed by atoms with van der Waals surface area (Å²) in [5, 5.41) is 2.94. The molecule has 0 spiro atoms. The number of carbonyl (C=O) groups excluding carboxylic acids is 1. The molecule has 1 heterocycles. The van der Waals surface area contributed by atoms with Crippen LogP contribution < -0.4 is 10.1 Å². The zero-order valence-electron chi connectivity index (χ0n) is 18.5. The lowest BCUT2D eigenvalue weighted by molar-refractivity contribution is -0.120. The molecular formula is C26H33N3O2. The molecule has 0 radical (unpaired) electrons. The van der Waals surface area contributed by atoms with E-state index in [9.17, 15) is 4.79 Å². The Morgan fingerprint density at radius 3 is 2.77 bits per heavy atom. The van der Waals surface area contributed by atoms with Gasteiger partial charge < -0.3 is 14.6 Å². The normalized spacial score (nSPS) is 10.9. The molecule has 2 aromatic carbocycles. The molecule has 5 nitrogen and oxygen atoms in total. The summed E-state index contributed by atoms with van der Waals surface area (Å²) in [7, 11) is 0. The third-order valence-corrected chi connectivity index (χ3v) is 5.36. The van der Waals surface area contributed by atoms with Gasteiger partial charge in [-0.2, -0.15) is 0 Å². The number of allylic oxidation sites excluding steroid dienone is 1. The molecule has 0 atom stereocenters. The number of ether oxygens (including phenoxy) is 1. The van der Waals surface area contributed by atoms with Gasteiger partial charge in [-0.3, -0.25) is 4.79 Å². The second kappa shape index (κ2) is 11.9. The van der Waals surface area contributed by atoms with E-state index in [1.54, 1.807) is 0 Å². The minimum absolute atomic E-state index is 0.122. The van der Waals surface area contributed by atoms with E-state index in [0.29, 0.717) is 13.0 Å². The van der Waals surface area contributed by atoms with Gasteiger partial charge in [0, 0.05) is 19.4 Å². The van der Waals surface area contributed by atoms with Crippen LogP contribution in [0.25, 0.3) is 11.0 Å². The van der Waals surface area contributed by atoms with Crippen molar-refractivity contribution in [2.45, 2.75) is 52.0 Å². The van der Waals surface area contributed by atoms with Crippen LogP contribution >= 0.6 is 0 Å². The van der Waals surface area contributed by atoms with Gasteiger partial charge in [-0.1, -0.05) is 49.8 Å². The maximum absolute atomic E-state index is 11.3. The number of aromatic nitrogens is 2. The van der Waals surface area contributed by atoms with Crippen molar-refractivity contribution in [3.05, 3.63) is 72.6 Å². The number of carbonyl (C=O) groups is 1. The molecule has 3 aromatic rings. The van der Waals surface area contributed by atoms with E-state index in [1.165, 1.54) is 0 Å². The molecule has 0 aliphatic heterocycles. The van der Waals surface area contributed by atoms with E-state index in [-0.39, 0.29) is 5.91 Å². The van der Waals surface area contributed by atoms with Crippen LogP contribution in [0.3, 0.4) is 0 Å². The molecule has 1 N–H and O–H groups in total. The fourth-order valence-electron chi connectivity index (χ4n) is 3.72. The third-order valence-electron chi connectivity index (χ3n) is 5.36. The van der Waals surface area contributed by atoms with Crippen molar-refractivity contribution in [1.82, 2.24) is 14.9 Å². The Morgan fingerprint density at radius 1 is 1.13 bits per heavy atom. The summed E-state index contributed by atoms with van der Waals surface area (Å²) in [6.07, 6.45) is 7.28. The molecule has 0 aliphatic rings. The van der Waals surface area contributed by atoms with Crippen molar-refractivity contribution in [2.75, 3.05) is 13.2 Å². The first-order chi connectivity index (χ1) is 15.2. The minimum atomic E-state index is 0.122. The molecule has 0 saturated carbocycles. The lowest BCUT2D eigenvalue weighted by Crippen LogP contribution is -2.23. The molecular weight excluding hydrogens is 386 g/mol. The van der Waals surface area contributed by atoms with Crippen LogP contribution in [0.1, 0.15) is 44.0 Å². The number of hydrogen-bond acceptors (Lipinski definition) is 3. The van der Waals surface area contributed by atoms with Crippen molar-refractivity contribution in [3.8, 4) is 5.75 Å². The molecule has 0 saturated heterocycles. The maximum Gasteiger partial charge on any atom is 0.219 e. The smallest absolute Gasteiger partial charge is 0.219 e. The number of unbranched alkanes of at least 4 members (excludes halogenated alkanes) is 2. The summed E-state index contributed by atoms with van der Waals surface area (Å²) in [5.41, 5.74) is 3.33. The van der Waals surface area contributed by atoms with Gasteiger partial charge in [0.05, 0.1) is 17.6 Å². The fraction of sp³-hybridized carbons (Fsp3) is 0.385. The van der Waals surface area contributed by atoms with Gasteiger partial charge in [-0.15, -0.1) is 6.58 Å². The van der Waals surface area contributed by atoms with Gasteiger partial charge in [-0.25, -0.2) is 4.98 Å². The lowest BCUT2D eigenvalue weighted by atomic mass is 10.1. The van der Waals surface area contributed by atoms with Crippen LogP contribution in [0.5, 0.6) is 5.75 Å². The number of rotatable bonds is 13. The average molecular weight is 420 g/mol. The molecule has 0 bridgehead atoms. The highest BCUT2D eigenvalue weighted by Gasteiger charge is 2.11. The Kier molecular flexibility index (Phi) is 8.71. The maximum atomic E-state index is 11.3. The van der Waals surface area contributed by atoms with E-state index in [2.05, 4.69) is 40.7 Å². The Labute approximate surface area is 185 Å². The van der Waals surface area contributed by atoms with Crippen molar-refractivity contribution in [2.24, 2.45) is 0 Å². The second-order valence-electron chi connectivity index (χ2n) is 7.63. The van der Waals surface area contributed by atoms with Crippen molar-refractivity contribution < 1.29 is 9.53 Å². The summed E-state index contributed by atoms with van der Waals surface area (Å²) in [6, 6.07) is 16.4. The van der Waals surface area contributed by atoms with Crippen LogP contribution in [0, 0.1) is 0 Å². The topological polar surface area (TPSA) is 56.1 Å². The number of para-hydroxylation sites is 3. The summed E-state index contributed by atoms with van der Waals surface area (Å²) in [6.45, 7) is 7.81. The quantitative estimate of drug-likeness (QED) is 0.310. The minimum Gasteiger partial charge on any atom is -0.491 e. The van der Waals surface area contributed by atoms with Crippen molar-refractivity contribution in [1.29, 1.82) is 0 Å². The lowest BCUT2D eigenvalue weighted by Gasteiger charge is -2.13. The molecule has 0 aliphatic carbocycles. The Bertz CT molecular complexity index is 993. The summed E-state index contributed by atoms with van der Waals surface area (Å²) < 4.78 is 8.40. The monoisotopic (exact) mass is 419 g/mol. The van der Waals surface area contributed by atoms with E-state index < -0.39 is 0 Å². The first-order valence-electron chi connectivity index (χ1n) is 11.3. The predicted molar refractivity (Wildman–Crippen MR) is 126 cm³/mol. The highest BCUT2D eigenvalue weighted by atomic mass is 16.5. The van der Waals surface area contributed by atoms with Gasteiger partial charge in [0.1, 0.15) is 18.2 Å². The van der Waals surface area contributed by atoms with Crippen molar-refractivity contribution >= 4 is 16.9 Å². The zero-order valence-corrected chi connectivity index (χ0v) is 18.5. The Balaban J connectivity index is 1.59. The first-order valence-corrected chi connectivity index (χ1v) is 11.3. The van der Waals surface area contributed by atoms with Gasteiger partial charge in [0.25, 0.3) is 0 Å². The van der Waals surface area contributed by atoms with Gasteiger partial charge in [-0.05, 0) is 43.0 Å². The molecule has 0 unspecified atom stereocenters. The summed E-state index contributed by atoms with van der Waals surface area (Å²) in [4.78, 5) is 16.2. The second-order valence-corrected chi connectivity index (χ2v) is 7.63. The molecule has 5 heteroatoms. The van der Waals surface area contributed by atoms with Crippen molar-refractivity contribution in [3.63, 3.8) is 0 Å². The number of nitrogens with zero attached hydrogens (tertiary/aromatic N) is 2.